The van der Waals surface area contributed by atoms with Gasteiger partial charge in [0, 0.05) is 0 Å². The highest BCUT2D eigenvalue weighted by Crippen LogP contribution is 2.17. The average molecular weight is 227 g/mol. The standard InChI is InChI=1S/C10H13NO3S/c1-3-9-15(12,13)11(14-2)10-7-5-4-6-8-10/h3-8H,1,9H2,2H3. The van der Waals surface area contributed by atoms with E-state index in [4.69, 9.17) is 4.84 Å². The zero-order chi connectivity index (χ0) is 11.3. The minimum absolute atomic E-state index is 0.157. The van der Waals surface area contributed by atoms with Crippen LogP contribution < -0.4 is 4.47 Å². The van der Waals surface area contributed by atoms with E-state index >= 15 is 0 Å². The van der Waals surface area contributed by atoms with Crippen molar-refractivity contribution < 1.29 is 13.3 Å². The Kier molecular flexibility index (Phi) is 3.88. The number of hydrogen-bond donors (Lipinski definition) is 0. The van der Waals surface area contributed by atoms with Gasteiger partial charge in [0.15, 0.2) is 0 Å². The molecule has 1 rings (SSSR count). The van der Waals surface area contributed by atoms with Crippen molar-refractivity contribution in [2.75, 3.05) is 17.3 Å². The molecule has 0 aromatic heterocycles. The fourth-order valence-electron chi connectivity index (χ4n) is 1.15. The quantitative estimate of drug-likeness (QED) is 0.566. The Balaban J connectivity index is 3.05. The van der Waals surface area contributed by atoms with Crippen molar-refractivity contribution in [2.45, 2.75) is 0 Å². The number of hydrogen-bond acceptors (Lipinski definition) is 3. The number of sulfonamides is 1. The Bertz CT molecular complexity index is 414. The fraction of sp³-hybridized carbons (Fsp3) is 0.200. The average Bonchev–Trinajstić information content (AvgIpc) is 2.19. The van der Waals surface area contributed by atoms with Gasteiger partial charge >= 0.3 is 0 Å². The molecule has 1 aromatic carbocycles. The van der Waals surface area contributed by atoms with Crippen LogP contribution in [0.3, 0.4) is 0 Å². The topological polar surface area (TPSA) is 46.6 Å². The first-order chi connectivity index (χ1) is 7.11. The van der Waals surface area contributed by atoms with Gasteiger partial charge in [-0.15, -0.1) is 11.0 Å². The fourth-order valence-corrected chi connectivity index (χ4v) is 2.25. The van der Waals surface area contributed by atoms with Crippen LogP contribution >= 0.6 is 0 Å². The first-order valence-electron chi connectivity index (χ1n) is 4.35. The minimum atomic E-state index is -3.48. The maximum Gasteiger partial charge on any atom is 0.261 e. The van der Waals surface area contributed by atoms with Crippen LogP contribution in [0.5, 0.6) is 0 Å². The van der Waals surface area contributed by atoms with Gasteiger partial charge in [-0.2, -0.15) is 0 Å². The maximum atomic E-state index is 11.7. The van der Waals surface area contributed by atoms with Crippen LogP contribution in [-0.4, -0.2) is 21.3 Å². The maximum absolute atomic E-state index is 11.7. The van der Waals surface area contributed by atoms with E-state index in [1.54, 1.807) is 30.3 Å². The summed E-state index contributed by atoms with van der Waals surface area (Å²) in [4.78, 5) is 4.85. The summed E-state index contributed by atoms with van der Waals surface area (Å²) < 4.78 is 24.3. The van der Waals surface area contributed by atoms with Gasteiger partial charge < -0.3 is 0 Å². The van der Waals surface area contributed by atoms with Crippen molar-refractivity contribution in [3.05, 3.63) is 43.0 Å². The summed E-state index contributed by atoms with van der Waals surface area (Å²) in [5, 5.41) is 0. The van der Waals surface area contributed by atoms with Gasteiger partial charge in [0.25, 0.3) is 10.0 Å². The minimum Gasteiger partial charge on any atom is -0.262 e. The lowest BCUT2D eigenvalue weighted by atomic mass is 10.3. The molecule has 0 amide bonds. The molecule has 0 fully saturated rings. The smallest absolute Gasteiger partial charge is 0.261 e. The SMILES string of the molecule is C=CCS(=O)(=O)N(OC)c1ccccc1. The molecule has 0 aliphatic carbocycles. The van der Waals surface area contributed by atoms with Crippen LogP contribution in [0.4, 0.5) is 5.69 Å². The van der Waals surface area contributed by atoms with Crippen LogP contribution in [-0.2, 0) is 14.9 Å². The van der Waals surface area contributed by atoms with Gasteiger partial charge in [0.2, 0.25) is 0 Å². The van der Waals surface area contributed by atoms with E-state index < -0.39 is 10.0 Å². The molecule has 0 heterocycles. The number of anilines is 1. The first kappa shape index (κ1) is 11.7. The monoisotopic (exact) mass is 227 g/mol. The zero-order valence-electron chi connectivity index (χ0n) is 8.46. The molecule has 0 atom stereocenters. The number of rotatable bonds is 5. The molecule has 0 N–H and O–H groups in total. The summed E-state index contributed by atoms with van der Waals surface area (Å²) >= 11 is 0. The molecular weight excluding hydrogens is 214 g/mol. The molecule has 0 radical (unpaired) electrons. The van der Waals surface area contributed by atoms with Gasteiger partial charge in [-0.05, 0) is 12.1 Å². The highest BCUT2D eigenvalue weighted by Gasteiger charge is 2.20. The molecule has 5 heteroatoms. The van der Waals surface area contributed by atoms with Gasteiger partial charge in [-0.3, -0.25) is 4.84 Å². The Hall–Kier alpha value is -1.33. The van der Waals surface area contributed by atoms with E-state index in [1.165, 1.54) is 13.2 Å². The summed E-state index contributed by atoms with van der Waals surface area (Å²) in [6.07, 6.45) is 1.32. The lowest BCUT2D eigenvalue weighted by Gasteiger charge is -2.20. The van der Waals surface area contributed by atoms with Crippen LogP contribution in [0, 0.1) is 0 Å². The molecule has 0 saturated carbocycles. The van der Waals surface area contributed by atoms with Crippen molar-refractivity contribution in [1.29, 1.82) is 0 Å². The Labute approximate surface area is 89.8 Å². The van der Waals surface area contributed by atoms with Crippen molar-refractivity contribution in [1.82, 2.24) is 0 Å². The second-order valence-corrected chi connectivity index (χ2v) is 4.64. The lowest BCUT2D eigenvalue weighted by molar-refractivity contribution is 0.216. The van der Waals surface area contributed by atoms with Crippen LogP contribution in [0.2, 0.25) is 0 Å². The summed E-state index contributed by atoms with van der Waals surface area (Å²) in [5.41, 5.74) is 0.474. The third kappa shape index (κ3) is 2.81. The molecule has 0 spiro atoms. The van der Waals surface area contributed by atoms with Gasteiger partial charge in [0.05, 0.1) is 18.6 Å². The van der Waals surface area contributed by atoms with Crippen molar-refractivity contribution >= 4 is 15.7 Å². The second kappa shape index (κ2) is 4.95. The molecule has 0 saturated heterocycles. The zero-order valence-corrected chi connectivity index (χ0v) is 9.28. The van der Waals surface area contributed by atoms with Crippen LogP contribution in [0.1, 0.15) is 0 Å². The molecule has 0 aliphatic heterocycles. The molecule has 0 aliphatic rings. The van der Waals surface area contributed by atoms with E-state index in [2.05, 4.69) is 6.58 Å². The molecule has 82 valence electrons. The predicted octanol–water partition coefficient (Wildman–Crippen LogP) is 1.57. The van der Waals surface area contributed by atoms with Crippen molar-refractivity contribution in [3.63, 3.8) is 0 Å². The second-order valence-electron chi connectivity index (χ2n) is 2.81. The van der Waals surface area contributed by atoms with E-state index in [1.807, 2.05) is 0 Å². The molecule has 4 nitrogen and oxygen atoms in total. The summed E-state index contributed by atoms with van der Waals surface area (Å²) in [5.74, 6) is -0.157. The Morgan fingerprint density at radius 2 is 2.00 bits per heavy atom. The number of nitrogens with zero attached hydrogens (tertiary/aromatic N) is 1. The van der Waals surface area contributed by atoms with E-state index in [-0.39, 0.29) is 5.75 Å². The largest absolute Gasteiger partial charge is 0.262 e. The molecule has 15 heavy (non-hydrogen) atoms. The highest BCUT2D eigenvalue weighted by atomic mass is 32.2. The lowest BCUT2D eigenvalue weighted by Crippen LogP contribution is -2.31. The number of benzene rings is 1. The summed E-state index contributed by atoms with van der Waals surface area (Å²) in [6.45, 7) is 3.39. The van der Waals surface area contributed by atoms with E-state index in [0.29, 0.717) is 5.69 Å². The first-order valence-corrected chi connectivity index (χ1v) is 5.96. The normalized spacial score (nSPS) is 11.0. The highest BCUT2D eigenvalue weighted by molar-refractivity contribution is 7.92. The van der Waals surface area contributed by atoms with Crippen molar-refractivity contribution in [3.8, 4) is 0 Å². The molecule has 1 aromatic rings. The third-order valence-electron chi connectivity index (χ3n) is 1.71. The number of para-hydroxylation sites is 1. The summed E-state index contributed by atoms with van der Waals surface area (Å²) in [7, 11) is -2.17. The van der Waals surface area contributed by atoms with Crippen LogP contribution in [0.25, 0.3) is 0 Å². The molecule has 0 bridgehead atoms. The summed E-state index contributed by atoms with van der Waals surface area (Å²) in [6, 6.07) is 8.60. The van der Waals surface area contributed by atoms with Crippen LogP contribution in [0.15, 0.2) is 43.0 Å². The van der Waals surface area contributed by atoms with E-state index in [0.717, 1.165) is 4.47 Å². The Morgan fingerprint density at radius 1 is 1.40 bits per heavy atom. The Morgan fingerprint density at radius 3 is 2.47 bits per heavy atom. The van der Waals surface area contributed by atoms with Gasteiger partial charge in [0.1, 0.15) is 0 Å². The molecule has 0 unspecified atom stereocenters. The van der Waals surface area contributed by atoms with Gasteiger partial charge in [-0.25, -0.2) is 8.42 Å². The van der Waals surface area contributed by atoms with Gasteiger partial charge in [-0.1, -0.05) is 24.3 Å². The van der Waals surface area contributed by atoms with E-state index in [9.17, 15) is 8.42 Å². The molecular formula is C10H13NO3S. The van der Waals surface area contributed by atoms with Crippen molar-refractivity contribution in [2.24, 2.45) is 0 Å². The third-order valence-corrected chi connectivity index (χ3v) is 3.24. The predicted molar refractivity (Wildman–Crippen MR) is 59.9 cm³/mol.